The number of hydrogen-bond donors (Lipinski definition) is 0. The number of rotatable bonds is 5. The molecule has 1 atom stereocenters. The Kier molecular flexibility index (Phi) is 5.94. The van der Waals surface area contributed by atoms with Crippen molar-refractivity contribution in [2.24, 2.45) is 0 Å². The Bertz CT molecular complexity index is 1130. The van der Waals surface area contributed by atoms with Gasteiger partial charge in [-0.3, -0.25) is 9.59 Å². The molecule has 0 N–H and O–H groups in total. The summed E-state index contributed by atoms with van der Waals surface area (Å²) in [7, 11) is 0. The molecular weight excluding hydrogens is 421 g/mol. The molecule has 0 spiro atoms. The zero-order valence-corrected chi connectivity index (χ0v) is 16.9. The Hall–Kier alpha value is -3.68. The fraction of sp³-hybridized carbons (Fsp3) is 0.208. The van der Waals surface area contributed by atoms with E-state index in [0.717, 1.165) is 18.3 Å². The van der Waals surface area contributed by atoms with Crippen LogP contribution < -0.4 is 4.74 Å². The number of carbonyl (C=O) groups excluding carboxylic acids is 2. The second-order valence-corrected chi connectivity index (χ2v) is 7.40. The number of likely N-dealkylation sites (tertiary alicyclic amines) is 1. The summed E-state index contributed by atoms with van der Waals surface area (Å²) in [6.07, 6.45) is -3.50. The van der Waals surface area contributed by atoms with Crippen LogP contribution in [0.25, 0.3) is 0 Å². The van der Waals surface area contributed by atoms with Crippen LogP contribution in [0.1, 0.15) is 38.3 Å². The highest BCUT2D eigenvalue weighted by Gasteiger charge is 2.33. The third kappa shape index (κ3) is 4.64. The minimum atomic E-state index is -4.49. The van der Waals surface area contributed by atoms with Gasteiger partial charge in [0.25, 0.3) is 5.91 Å². The Morgan fingerprint density at radius 2 is 1.66 bits per heavy atom. The van der Waals surface area contributed by atoms with Gasteiger partial charge in [0.1, 0.15) is 6.10 Å². The summed E-state index contributed by atoms with van der Waals surface area (Å²) in [5.74, 6) is -0.721. The number of nitrogens with zero attached hydrogens (tertiary/aromatic N) is 2. The number of hydrogen-bond acceptors (Lipinski definition) is 4. The Morgan fingerprint density at radius 1 is 0.969 bits per heavy atom. The van der Waals surface area contributed by atoms with E-state index in [1.807, 2.05) is 0 Å². The molecule has 164 valence electrons. The van der Waals surface area contributed by atoms with E-state index in [9.17, 15) is 22.8 Å². The average Bonchev–Trinajstić information content (AvgIpc) is 3.27. The summed E-state index contributed by atoms with van der Waals surface area (Å²) < 4.78 is 44.3. The van der Waals surface area contributed by atoms with Crippen LogP contribution in [0, 0.1) is 0 Å². The van der Waals surface area contributed by atoms with Crippen molar-refractivity contribution in [2.45, 2.75) is 18.7 Å². The molecule has 0 aliphatic carbocycles. The topological polar surface area (TPSA) is 59.5 Å². The van der Waals surface area contributed by atoms with Crippen molar-refractivity contribution in [1.29, 1.82) is 0 Å². The van der Waals surface area contributed by atoms with E-state index in [1.165, 1.54) is 4.90 Å². The van der Waals surface area contributed by atoms with Gasteiger partial charge in [-0.25, -0.2) is 4.98 Å². The number of benzene rings is 2. The van der Waals surface area contributed by atoms with Crippen molar-refractivity contribution in [3.8, 4) is 5.88 Å². The normalized spacial score (nSPS) is 16.1. The maximum Gasteiger partial charge on any atom is 0.416 e. The first-order valence-corrected chi connectivity index (χ1v) is 10.0. The van der Waals surface area contributed by atoms with Gasteiger partial charge in [-0.1, -0.05) is 48.5 Å². The van der Waals surface area contributed by atoms with Crippen LogP contribution in [0.15, 0.2) is 72.9 Å². The summed E-state index contributed by atoms with van der Waals surface area (Å²) >= 11 is 0. The standard InChI is InChI=1S/C24H19F3N2O3/c25-24(26,27)17-10-12-28-21(14-17)32-18-11-13-29(15-18)23(31)20-9-5-4-8-19(20)22(30)16-6-2-1-3-7-16/h1-10,12,14,18H,11,13,15H2/t18-/m0/s1. The van der Waals surface area contributed by atoms with E-state index >= 15 is 0 Å². The molecule has 5 nitrogen and oxygen atoms in total. The van der Waals surface area contributed by atoms with Crippen molar-refractivity contribution in [3.63, 3.8) is 0 Å². The van der Waals surface area contributed by atoms with Gasteiger partial charge in [-0.15, -0.1) is 0 Å². The molecular formula is C24H19F3N2O3. The van der Waals surface area contributed by atoms with E-state index in [-0.39, 0.29) is 29.7 Å². The first kappa shape index (κ1) is 21.5. The van der Waals surface area contributed by atoms with E-state index in [1.54, 1.807) is 54.6 Å². The lowest BCUT2D eigenvalue weighted by Gasteiger charge is -2.19. The molecule has 3 aromatic rings. The third-order valence-corrected chi connectivity index (χ3v) is 5.22. The van der Waals surface area contributed by atoms with Gasteiger partial charge in [0, 0.05) is 36.4 Å². The largest absolute Gasteiger partial charge is 0.472 e. The minimum absolute atomic E-state index is 0.140. The fourth-order valence-corrected chi connectivity index (χ4v) is 3.61. The molecule has 1 amide bonds. The zero-order chi connectivity index (χ0) is 22.7. The predicted molar refractivity (Wildman–Crippen MR) is 110 cm³/mol. The quantitative estimate of drug-likeness (QED) is 0.543. The second kappa shape index (κ2) is 8.82. The maximum atomic E-state index is 13.1. The molecule has 0 saturated carbocycles. The molecule has 1 aromatic heterocycles. The van der Waals surface area contributed by atoms with Crippen LogP contribution in [0.2, 0.25) is 0 Å². The molecule has 1 saturated heterocycles. The highest BCUT2D eigenvalue weighted by atomic mass is 19.4. The van der Waals surface area contributed by atoms with Gasteiger partial charge in [-0.2, -0.15) is 13.2 Å². The van der Waals surface area contributed by atoms with Crippen molar-refractivity contribution in [2.75, 3.05) is 13.1 Å². The molecule has 2 heterocycles. The summed E-state index contributed by atoms with van der Waals surface area (Å²) in [5.41, 5.74) is 0.208. The van der Waals surface area contributed by atoms with E-state index in [0.29, 0.717) is 24.1 Å². The molecule has 32 heavy (non-hydrogen) atoms. The van der Waals surface area contributed by atoms with Gasteiger partial charge in [0.05, 0.1) is 17.7 Å². The van der Waals surface area contributed by atoms with Crippen molar-refractivity contribution in [3.05, 3.63) is 95.2 Å². The highest BCUT2D eigenvalue weighted by Crippen LogP contribution is 2.31. The van der Waals surface area contributed by atoms with Crippen molar-refractivity contribution < 1.29 is 27.5 Å². The highest BCUT2D eigenvalue weighted by molar-refractivity contribution is 6.15. The summed E-state index contributed by atoms with van der Waals surface area (Å²) in [5, 5.41) is 0. The average molecular weight is 440 g/mol. The van der Waals surface area contributed by atoms with Gasteiger partial charge in [0.2, 0.25) is 5.88 Å². The molecule has 0 radical (unpaired) electrons. The fourth-order valence-electron chi connectivity index (χ4n) is 3.61. The van der Waals surface area contributed by atoms with Gasteiger partial charge >= 0.3 is 6.18 Å². The number of aromatic nitrogens is 1. The Labute approximate surface area is 182 Å². The molecule has 8 heteroatoms. The van der Waals surface area contributed by atoms with Crippen LogP contribution in [0.5, 0.6) is 5.88 Å². The maximum absolute atomic E-state index is 13.1. The summed E-state index contributed by atoms with van der Waals surface area (Å²) in [6.45, 7) is 0.543. The minimum Gasteiger partial charge on any atom is -0.472 e. The van der Waals surface area contributed by atoms with Gasteiger partial charge in [-0.05, 0) is 12.1 Å². The Morgan fingerprint density at radius 3 is 2.38 bits per heavy atom. The molecule has 1 aliphatic heterocycles. The molecule has 0 unspecified atom stereocenters. The number of amides is 1. The van der Waals surface area contributed by atoms with Crippen molar-refractivity contribution in [1.82, 2.24) is 9.88 Å². The first-order chi connectivity index (χ1) is 15.3. The molecule has 4 rings (SSSR count). The zero-order valence-electron chi connectivity index (χ0n) is 16.9. The SMILES string of the molecule is O=C(c1ccccc1)c1ccccc1C(=O)N1CC[C@H](Oc2cc(C(F)(F)F)ccn2)C1. The first-order valence-electron chi connectivity index (χ1n) is 10.0. The van der Waals surface area contributed by atoms with Crippen molar-refractivity contribution >= 4 is 11.7 Å². The Balaban J connectivity index is 1.48. The number of ether oxygens (including phenoxy) is 1. The van der Waals surface area contributed by atoms with Crippen LogP contribution in [-0.2, 0) is 6.18 Å². The lowest BCUT2D eigenvalue weighted by atomic mass is 9.97. The monoisotopic (exact) mass is 440 g/mol. The lowest BCUT2D eigenvalue weighted by Crippen LogP contribution is -2.32. The van der Waals surface area contributed by atoms with Crippen LogP contribution in [-0.4, -0.2) is 40.8 Å². The van der Waals surface area contributed by atoms with Gasteiger partial charge in [0.15, 0.2) is 5.78 Å². The van der Waals surface area contributed by atoms with E-state index in [2.05, 4.69) is 4.98 Å². The van der Waals surface area contributed by atoms with E-state index < -0.39 is 17.8 Å². The third-order valence-electron chi connectivity index (χ3n) is 5.22. The molecule has 1 aliphatic rings. The number of ketones is 1. The van der Waals surface area contributed by atoms with Crippen LogP contribution >= 0.6 is 0 Å². The van der Waals surface area contributed by atoms with Crippen LogP contribution in [0.3, 0.4) is 0 Å². The molecule has 0 bridgehead atoms. The summed E-state index contributed by atoms with van der Waals surface area (Å²) in [4.78, 5) is 31.4. The lowest BCUT2D eigenvalue weighted by molar-refractivity contribution is -0.137. The number of carbonyl (C=O) groups is 2. The van der Waals surface area contributed by atoms with Gasteiger partial charge < -0.3 is 9.64 Å². The second-order valence-electron chi connectivity index (χ2n) is 7.40. The number of halogens is 3. The smallest absolute Gasteiger partial charge is 0.416 e. The number of alkyl halides is 3. The molecule has 1 fully saturated rings. The number of pyridine rings is 1. The summed E-state index contributed by atoms with van der Waals surface area (Å²) in [6, 6.07) is 17.0. The van der Waals surface area contributed by atoms with E-state index in [4.69, 9.17) is 4.74 Å². The molecule has 2 aromatic carbocycles. The van der Waals surface area contributed by atoms with Crippen LogP contribution in [0.4, 0.5) is 13.2 Å². The predicted octanol–water partition coefficient (Wildman–Crippen LogP) is 4.62.